The van der Waals surface area contributed by atoms with Crippen LogP contribution >= 0.6 is 0 Å². The highest BCUT2D eigenvalue weighted by molar-refractivity contribution is 7.89. The molecule has 1 saturated heterocycles. The Morgan fingerprint density at radius 3 is 2.10 bits per heavy atom. The standard InChI is InChI=1S/C31H35N5O5S/c1-22-9-15-26(16-10-22)42(39,40)35-19-17-34(18-20-35)28(24-11-13-25(41-3)14-12-24)27-29(32)36(31(38)33(2)30(27)37)21-23-7-5-4-6-8-23/h4-16,28H,17-21,32H2,1-3H3. The molecule has 1 aromatic heterocycles. The Bertz CT molecular complexity index is 1780. The SMILES string of the molecule is COc1ccc(C(c2c(N)n(Cc3ccccc3)c(=O)n(C)c2=O)N2CCN(S(=O)(=O)c3ccc(C)cc3)CC2)cc1. The van der Waals surface area contributed by atoms with E-state index < -0.39 is 27.3 Å². The summed E-state index contributed by atoms with van der Waals surface area (Å²) in [6, 6.07) is 23.0. The highest BCUT2D eigenvalue weighted by Crippen LogP contribution is 2.32. The van der Waals surface area contributed by atoms with Gasteiger partial charge >= 0.3 is 5.69 Å². The van der Waals surface area contributed by atoms with Gasteiger partial charge in [0.1, 0.15) is 11.6 Å². The Labute approximate surface area is 245 Å². The average Bonchev–Trinajstić information content (AvgIpc) is 3.01. The largest absolute Gasteiger partial charge is 0.497 e. The van der Waals surface area contributed by atoms with Gasteiger partial charge in [0.15, 0.2) is 0 Å². The van der Waals surface area contributed by atoms with Crippen molar-refractivity contribution in [3.05, 3.63) is 122 Å². The highest BCUT2D eigenvalue weighted by Gasteiger charge is 2.35. The number of nitrogens with two attached hydrogens (primary N) is 1. The van der Waals surface area contributed by atoms with Gasteiger partial charge in [-0.1, -0.05) is 60.2 Å². The van der Waals surface area contributed by atoms with E-state index in [1.807, 2.05) is 54.3 Å². The zero-order chi connectivity index (χ0) is 30.0. The van der Waals surface area contributed by atoms with Crippen molar-refractivity contribution in [2.45, 2.75) is 24.4 Å². The second kappa shape index (κ2) is 12.0. The van der Waals surface area contributed by atoms with E-state index in [-0.39, 0.29) is 35.9 Å². The lowest BCUT2D eigenvalue weighted by molar-refractivity contribution is 0.154. The Kier molecular flexibility index (Phi) is 8.35. The van der Waals surface area contributed by atoms with Gasteiger partial charge in [0.25, 0.3) is 5.56 Å². The van der Waals surface area contributed by atoms with Gasteiger partial charge in [0.2, 0.25) is 10.0 Å². The van der Waals surface area contributed by atoms with Crippen molar-refractivity contribution in [2.24, 2.45) is 7.05 Å². The minimum atomic E-state index is -3.68. The molecule has 2 heterocycles. The first-order valence-electron chi connectivity index (χ1n) is 13.7. The van der Waals surface area contributed by atoms with E-state index in [1.165, 1.54) is 15.9 Å². The summed E-state index contributed by atoms with van der Waals surface area (Å²) in [6.07, 6.45) is 0. The summed E-state index contributed by atoms with van der Waals surface area (Å²) >= 11 is 0. The number of rotatable bonds is 8. The molecule has 1 aliphatic heterocycles. The second-order valence-electron chi connectivity index (χ2n) is 10.4. The molecule has 1 aliphatic rings. The molecule has 0 amide bonds. The van der Waals surface area contributed by atoms with Crippen molar-refractivity contribution in [2.75, 3.05) is 39.0 Å². The first-order valence-corrected chi connectivity index (χ1v) is 15.1. The lowest BCUT2D eigenvalue weighted by Gasteiger charge is -2.39. The first-order chi connectivity index (χ1) is 20.1. The van der Waals surface area contributed by atoms with Crippen molar-refractivity contribution in [1.29, 1.82) is 0 Å². The predicted octanol–water partition coefficient (Wildman–Crippen LogP) is 2.59. The fourth-order valence-electron chi connectivity index (χ4n) is 5.39. The maximum absolute atomic E-state index is 13.7. The molecule has 0 bridgehead atoms. The molecule has 1 atom stereocenters. The molecular weight excluding hydrogens is 554 g/mol. The Hall–Kier alpha value is -4.19. The molecule has 1 unspecified atom stereocenters. The smallest absolute Gasteiger partial charge is 0.332 e. The van der Waals surface area contributed by atoms with Gasteiger partial charge < -0.3 is 10.5 Å². The number of aryl methyl sites for hydroxylation is 1. The second-order valence-corrected chi connectivity index (χ2v) is 12.4. The molecule has 11 heteroatoms. The zero-order valence-corrected chi connectivity index (χ0v) is 24.8. The van der Waals surface area contributed by atoms with Gasteiger partial charge in [0, 0.05) is 33.2 Å². The van der Waals surface area contributed by atoms with Crippen molar-refractivity contribution < 1.29 is 13.2 Å². The number of benzene rings is 3. The van der Waals surface area contributed by atoms with Crippen molar-refractivity contribution in [1.82, 2.24) is 18.3 Å². The Balaban J connectivity index is 1.55. The molecule has 42 heavy (non-hydrogen) atoms. The van der Waals surface area contributed by atoms with Gasteiger partial charge in [0.05, 0.1) is 30.2 Å². The number of methoxy groups -OCH3 is 1. The van der Waals surface area contributed by atoms with Crippen LogP contribution in [0.5, 0.6) is 5.75 Å². The molecule has 0 radical (unpaired) electrons. The number of aromatic nitrogens is 2. The van der Waals surface area contributed by atoms with E-state index in [0.717, 1.165) is 21.3 Å². The third-order valence-electron chi connectivity index (χ3n) is 7.81. The molecule has 0 saturated carbocycles. The van der Waals surface area contributed by atoms with Gasteiger partial charge in [-0.05, 0) is 42.3 Å². The summed E-state index contributed by atoms with van der Waals surface area (Å²) in [7, 11) is -0.655. The minimum absolute atomic E-state index is 0.0856. The van der Waals surface area contributed by atoms with Gasteiger partial charge in [-0.2, -0.15) is 4.31 Å². The molecule has 0 aliphatic carbocycles. The number of anilines is 1. The quantitative estimate of drug-likeness (QED) is 0.336. The van der Waals surface area contributed by atoms with Crippen LogP contribution in [0, 0.1) is 6.92 Å². The molecule has 5 rings (SSSR count). The van der Waals surface area contributed by atoms with Gasteiger partial charge in [-0.15, -0.1) is 0 Å². The molecule has 10 nitrogen and oxygen atoms in total. The molecule has 1 fully saturated rings. The summed E-state index contributed by atoms with van der Waals surface area (Å²) < 4.78 is 36.1. The highest BCUT2D eigenvalue weighted by atomic mass is 32.2. The molecule has 4 aromatic rings. The lowest BCUT2D eigenvalue weighted by Crippen LogP contribution is -2.51. The number of nitrogens with zero attached hydrogens (tertiary/aromatic N) is 4. The maximum atomic E-state index is 13.7. The monoisotopic (exact) mass is 589 g/mol. The van der Waals surface area contributed by atoms with Crippen LogP contribution in [0.4, 0.5) is 5.82 Å². The summed E-state index contributed by atoms with van der Waals surface area (Å²) in [5, 5.41) is 0. The van der Waals surface area contributed by atoms with Crippen molar-refractivity contribution in [3.8, 4) is 5.75 Å². The maximum Gasteiger partial charge on any atom is 0.332 e. The Morgan fingerprint density at radius 1 is 0.881 bits per heavy atom. The number of hydrogen-bond donors (Lipinski definition) is 1. The van der Waals surface area contributed by atoms with Crippen molar-refractivity contribution >= 4 is 15.8 Å². The third kappa shape index (κ3) is 5.63. The molecule has 0 spiro atoms. The lowest BCUT2D eigenvalue weighted by atomic mass is 9.97. The normalized spacial score (nSPS) is 15.4. The Morgan fingerprint density at radius 2 is 1.50 bits per heavy atom. The molecular formula is C31H35N5O5S. The number of sulfonamides is 1. The first kappa shape index (κ1) is 29.3. The van der Waals surface area contributed by atoms with E-state index in [1.54, 1.807) is 43.5 Å². The molecule has 2 N–H and O–H groups in total. The summed E-state index contributed by atoms with van der Waals surface area (Å²) in [6.45, 7) is 3.27. The van der Waals surface area contributed by atoms with E-state index in [4.69, 9.17) is 10.5 Å². The van der Waals surface area contributed by atoms with Crippen LogP contribution in [0.1, 0.15) is 28.3 Å². The number of ether oxygens (including phenoxy) is 1. The number of nitrogen functional groups attached to an aromatic ring is 1. The van der Waals surface area contributed by atoms with Crippen LogP contribution in [0.25, 0.3) is 0 Å². The molecule has 220 valence electrons. The predicted molar refractivity (Wildman–Crippen MR) is 162 cm³/mol. The van der Waals surface area contributed by atoms with Crippen LogP contribution in [-0.2, 0) is 23.6 Å². The van der Waals surface area contributed by atoms with Crippen LogP contribution in [0.3, 0.4) is 0 Å². The van der Waals surface area contributed by atoms with Crippen LogP contribution in [0.2, 0.25) is 0 Å². The van der Waals surface area contributed by atoms with Crippen LogP contribution in [0.15, 0.2) is 93.3 Å². The minimum Gasteiger partial charge on any atom is -0.497 e. The average molecular weight is 590 g/mol. The fraction of sp³-hybridized carbons (Fsp3) is 0.290. The van der Waals surface area contributed by atoms with E-state index in [0.29, 0.717) is 18.8 Å². The summed E-state index contributed by atoms with van der Waals surface area (Å²) in [4.78, 5) is 29.3. The van der Waals surface area contributed by atoms with E-state index in [9.17, 15) is 18.0 Å². The van der Waals surface area contributed by atoms with E-state index >= 15 is 0 Å². The zero-order valence-electron chi connectivity index (χ0n) is 23.9. The van der Waals surface area contributed by atoms with E-state index in [2.05, 4.69) is 0 Å². The number of hydrogen-bond acceptors (Lipinski definition) is 7. The summed E-state index contributed by atoms with van der Waals surface area (Å²) in [5.41, 5.74) is 8.58. The summed E-state index contributed by atoms with van der Waals surface area (Å²) in [5.74, 6) is 0.740. The fourth-order valence-corrected chi connectivity index (χ4v) is 6.81. The number of piperazine rings is 1. The van der Waals surface area contributed by atoms with Crippen LogP contribution < -0.4 is 21.7 Å². The topological polar surface area (TPSA) is 120 Å². The third-order valence-corrected chi connectivity index (χ3v) is 9.72. The van der Waals surface area contributed by atoms with Crippen LogP contribution in [-0.4, -0.2) is 60.0 Å². The van der Waals surface area contributed by atoms with Crippen molar-refractivity contribution in [3.63, 3.8) is 0 Å². The molecule has 3 aromatic carbocycles. The van der Waals surface area contributed by atoms with Gasteiger partial charge in [-0.25, -0.2) is 13.2 Å². The van der Waals surface area contributed by atoms with Gasteiger partial charge in [-0.3, -0.25) is 18.8 Å².